The van der Waals surface area contributed by atoms with Crippen LogP contribution in [0.3, 0.4) is 0 Å². The smallest absolute Gasteiger partial charge is 0.161 e. The van der Waals surface area contributed by atoms with E-state index in [-0.39, 0.29) is 0 Å². The van der Waals surface area contributed by atoms with Gasteiger partial charge in [-0.2, -0.15) is 0 Å². The summed E-state index contributed by atoms with van der Waals surface area (Å²) in [4.78, 5) is 1.15. The van der Waals surface area contributed by atoms with Gasteiger partial charge >= 0.3 is 0 Å². The number of thioether (sulfide) groups is 1. The first-order chi connectivity index (χ1) is 10.3. The fourth-order valence-corrected chi connectivity index (χ4v) is 2.75. The molecule has 0 aliphatic rings. The maximum absolute atomic E-state index is 5.68. The molecule has 21 heavy (non-hydrogen) atoms. The summed E-state index contributed by atoms with van der Waals surface area (Å²) < 4.78 is 1.83. The van der Waals surface area contributed by atoms with E-state index in [0.29, 0.717) is 6.54 Å². The molecule has 0 bridgehead atoms. The van der Waals surface area contributed by atoms with Crippen molar-refractivity contribution < 1.29 is 0 Å². The Bertz CT molecular complexity index is 694. The van der Waals surface area contributed by atoms with Crippen LogP contribution in [0, 0.1) is 0 Å². The molecule has 2 aromatic carbocycles. The second kappa shape index (κ2) is 6.41. The van der Waals surface area contributed by atoms with Crippen molar-refractivity contribution in [1.29, 1.82) is 0 Å². The van der Waals surface area contributed by atoms with Crippen LogP contribution < -0.4 is 5.73 Å². The van der Waals surface area contributed by atoms with Crippen LogP contribution in [-0.4, -0.2) is 20.2 Å². The van der Waals surface area contributed by atoms with E-state index in [4.69, 9.17) is 5.73 Å². The lowest BCUT2D eigenvalue weighted by atomic mass is 10.2. The third-order valence-corrected chi connectivity index (χ3v) is 4.04. The molecule has 0 aliphatic carbocycles. The standard InChI is InChI=1S/C15H15N5S/c16-13-6-8-14(9-7-13)21-11-15-17-18-19-20(15)10-12-4-2-1-3-5-12/h1-9H,10-11,16H2. The lowest BCUT2D eigenvalue weighted by Gasteiger charge is -2.05. The molecule has 0 saturated carbocycles. The van der Waals surface area contributed by atoms with Gasteiger partial charge in [0.2, 0.25) is 0 Å². The summed E-state index contributed by atoms with van der Waals surface area (Å²) in [7, 11) is 0. The highest BCUT2D eigenvalue weighted by atomic mass is 32.2. The molecule has 6 heteroatoms. The molecule has 3 aromatic rings. The van der Waals surface area contributed by atoms with Gasteiger partial charge in [0.05, 0.1) is 12.3 Å². The quantitative estimate of drug-likeness (QED) is 0.579. The molecule has 0 spiro atoms. The van der Waals surface area contributed by atoms with E-state index >= 15 is 0 Å². The van der Waals surface area contributed by atoms with Crippen molar-refractivity contribution >= 4 is 17.4 Å². The van der Waals surface area contributed by atoms with Crippen molar-refractivity contribution in [2.24, 2.45) is 0 Å². The molecule has 1 aromatic heterocycles. The van der Waals surface area contributed by atoms with Gasteiger partial charge in [-0.25, -0.2) is 4.68 Å². The Kier molecular flexibility index (Phi) is 4.16. The summed E-state index contributed by atoms with van der Waals surface area (Å²) in [6.45, 7) is 0.686. The van der Waals surface area contributed by atoms with E-state index < -0.39 is 0 Å². The Morgan fingerprint density at radius 3 is 2.52 bits per heavy atom. The Morgan fingerprint density at radius 1 is 1.00 bits per heavy atom. The van der Waals surface area contributed by atoms with Gasteiger partial charge in [0, 0.05) is 10.6 Å². The SMILES string of the molecule is Nc1ccc(SCc2nnnn2Cc2ccccc2)cc1. The summed E-state index contributed by atoms with van der Waals surface area (Å²) in [6.07, 6.45) is 0. The predicted molar refractivity (Wildman–Crippen MR) is 83.8 cm³/mol. The van der Waals surface area contributed by atoms with Crippen LogP contribution in [0.1, 0.15) is 11.4 Å². The Labute approximate surface area is 127 Å². The van der Waals surface area contributed by atoms with Gasteiger partial charge in [0.15, 0.2) is 5.82 Å². The van der Waals surface area contributed by atoms with Gasteiger partial charge in [-0.1, -0.05) is 30.3 Å². The molecule has 0 aliphatic heterocycles. The number of hydrogen-bond donors (Lipinski definition) is 1. The first-order valence-corrected chi connectivity index (χ1v) is 7.57. The van der Waals surface area contributed by atoms with E-state index in [1.54, 1.807) is 11.8 Å². The van der Waals surface area contributed by atoms with Crippen LogP contribution in [-0.2, 0) is 12.3 Å². The highest BCUT2D eigenvalue weighted by Crippen LogP contribution is 2.22. The summed E-state index contributed by atoms with van der Waals surface area (Å²) in [5.41, 5.74) is 7.64. The maximum Gasteiger partial charge on any atom is 0.161 e. The first kappa shape index (κ1) is 13.6. The summed E-state index contributed by atoms with van der Waals surface area (Å²) in [5, 5.41) is 11.9. The lowest BCUT2D eigenvalue weighted by molar-refractivity contribution is 0.631. The summed E-state index contributed by atoms with van der Waals surface area (Å²) in [5.74, 6) is 1.59. The number of nitrogen functional groups attached to an aromatic ring is 1. The minimum atomic E-state index is 0.686. The van der Waals surface area contributed by atoms with Gasteiger partial charge in [-0.3, -0.25) is 0 Å². The van der Waals surface area contributed by atoms with E-state index in [0.717, 1.165) is 22.2 Å². The molecular weight excluding hydrogens is 282 g/mol. The van der Waals surface area contributed by atoms with E-state index in [9.17, 15) is 0 Å². The second-order valence-electron chi connectivity index (χ2n) is 4.60. The fraction of sp³-hybridized carbons (Fsp3) is 0.133. The third-order valence-electron chi connectivity index (χ3n) is 3.03. The van der Waals surface area contributed by atoms with Crippen molar-refractivity contribution in [2.75, 3.05) is 5.73 Å². The number of anilines is 1. The van der Waals surface area contributed by atoms with Crippen LogP contribution in [0.2, 0.25) is 0 Å². The zero-order valence-corrected chi connectivity index (χ0v) is 12.2. The van der Waals surface area contributed by atoms with Gasteiger partial charge in [-0.15, -0.1) is 16.9 Å². The zero-order valence-electron chi connectivity index (χ0n) is 11.4. The third kappa shape index (κ3) is 3.61. The zero-order chi connectivity index (χ0) is 14.5. The monoisotopic (exact) mass is 297 g/mol. The van der Waals surface area contributed by atoms with E-state index in [2.05, 4.69) is 27.7 Å². The van der Waals surface area contributed by atoms with Crippen molar-refractivity contribution in [3.63, 3.8) is 0 Å². The molecule has 0 amide bonds. The minimum Gasteiger partial charge on any atom is -0.399 e. The van der Waals surface area contributed by atoms with Crippen LogP contribution in [0.25, 0.3) is 0 Å². The fourth-order valence-electron chi connectivity index (χ4n) is 1.92. The average Bonchev–Trinajstić information content (AvgIpc) is 2.95. The van der Waals surface area contributed by atoms with Gasteiger partial charge < -0.3 is 5.73 Å². The molecule has 0 radical (unpaired) electrons. The van der Waals surface area contributed by atoms with Crippen LogP contribution in [0.4, 0.5) is 5.69 Å². The molecule has 3 rings (SSSR count). The summed E-state index contributed by atoms with van der Waals surface area (Å²) >= 11 is 1.69. The van der Waals surface area contributed by atoms with Gasteiger partial charge in [0.25, 0.3) is 0 Å². The molecule has 0 atom stereocenters. The Hall–Kier alpha value is -2.34. The first-order valence-electron chi connectivity index (χ1n) is 6.58. The normalized spacial score (nSPS) is 10.7. The molecule has 1 heterocycles. The molecule has 0 fully saturated rings. The number of nitrogens with zero attached hydrogens (tertiary/aromatic N) is 4. The van der Waals surface area contributed by atoms with Crippen LogP contribution >= 0.6 is 11.8 Å². The Morgan fingerprint density at radius 2 is 1.76 bits per heavy atom. The number of rotatable bonds is 5. The highest BCUT2D eigenvalue weighted by molar-refractivity contribution is 7.98. The second-order valence-corrected chi connectivity index (χ2v) is 5.64. The molecule has 2 N–H and O–H groups in total. The average molecular weight is 297 g/mol. The summed E-state index contributed by atoms with van der Waals surface area (Å²) in [6, 6.07) is 18.0. The maximum atomic E-state index is 5.68. The van der Waals surface area contributed by atoms with Crippen LogP contribution in [0.15, 0.2) is 59.5 Å². The minimum absolute atomic E-state index is 0.686. The van der Waals surface area contributed by atoms with Crippen LogP contribution in [0.5, 0.6) is 0 Å². The Balaban J connectivity index is 1.66. The van der Waals surface area contributed by atoms with Crippen molar-refractivity contribution in [2.45, 2.75) is 17.2 Å². The molecular formula is C15H15N5S. The molecule has 5 nitrogen and oxygen atoms in total. The van der Waals surface area contributed by atoms with Crippen molar-refractivity contribution in [3.8, 4) is 0 Å². The molecule has 0 unspecified atom stereocenters. The number of nitrogens with two attached hydrogens (primary N) is 1. The van der Waals surface area contributed by atoms with Crippen molar-refractivity contribution in [1.82, 2.24) is 20.2 Å². The lowest BCUT2D eigenvalue weighted by Crippen LogP contribution is -2.06. The largest absolute Gasteiger partial charge is 0.399 e. The number of benzene rings is 2. The predicted octanol–water partition coefficient (Wildman–Crippen LogP) is 2.60. The molecule has 0 saturated heterocycles. The molecule has 106 valence electrons. The number of tetrazole rings is 1. The van der Waals surface area contributed by atoms with Gasteiger partial charge in [-0.05, 0) is 40.3 Å². The van der Waals surface area contributed by atoms with E-state index in [1.165, 1.54) is 5.56 Å². The number of aromatic nitrogens is 4. The van der Waals surface area contributed by atoms with Crippen molar-refractivity contribution in [3.05, 3.63) is 66.0 Å². The highest BCUT2D eigenvalue weighted by Gasteiger charge is 2.07. The number of hydrogen-bond acceptors (Lipinski definition) is 5. The topological polar surface area (TPSA) is 69.6 Å². The van der Waals surface area contributed by atoms with Gasteiger partial charge in [0.1, 0.15) is 0 Å². The van der Waals surface area contributed by atoms with E-state index in [1.807, 2.05) is 47.1 Å².